The Morgan fingerprint density at radius 2 is 1.88 bits per heavy atom. The molecule has 3 heteroatoms. The van der Waals surface area contributed by atoms with Crippen LogP contribution in [0.3, 0.4) is 0 Å². The van der Waals surface area contributed by atoms with Gasteiger partial charge in [-0.3, -0.25) is 0 Å². The van der Waals surface area contributed by atoms with Gasteiger partial charge in [-0.2, -0.15) is 0 Å². The third-order valence-electron chi connectivity index (χ3n) is 2.86. The zero-order valence-electron chi connectivity index (χ0n) is 9.99. The minimum atomic E-state index is 0.776. The van der Waals surface area contributed by atoms with Gasteiger partial charge in [-0.1, -0.05) is 6.07 Å². The largest absolute Gasteiger partial charge is 0.493 e. The fourth-order valence-electron chi connectivity index (χ4n) is 1.95. The smallest absolute Gasteiger partial charge is 0.161 e. The van der Waals surface area contributed by atoms with Gasteiger partial charge in [0, 0.05) is 19.8 Å². The summed E-state index contributed by atoms with van der Waals surface area (Å²) in [4.78, 5) is 2.20. The van der Waals surface area contributed by atoms with Gasteiger partial charge in [-0.25, -0.2) is 0 Å². The molecule has 0 amide bonds. The van der Waals surface area contributed by atoms with E-state index in [1.54, 1.807) is 14.2 Å². The van der Waals surface area contributed by atoms with Crippen LogP contribution in [0.25, 0.3) is 5.57 Å². The fraction of sp³-hybridized carbons (Fsp3) is 0.385. The lowest BCUT2D eigenvalue weighted by Gasteiger charge is -2.09. The van der Waals surface area contributed by atoms with Crippen LogP contribution < -0.4 is 9.47 Å². The van der Waals surface area contributed by atoms with E-state index in [4.69, 9.17) is 9.47 Å². The Kier molecular flexibility index (Phi) is 3.04. The van der Waals surface area contributed by atoms with E-state index in [0.717, 1.165) is 24.5 Å². The molecule has 0 fully saturated rings. The number of hydrogen-bond acceptors (Lipinski definition) is 3. The van der Waals surface area contributed by atoms with Crippen molar-refractivity contribution in [2.45, 2.75) is 6.42 Å². The molecule has 1 aromatic carbocycles. The summed E-state index contributed by atoms with van der Waals surface area (Å²) in [6, 6.07) is 6.06. The lowest BCUT2D eigenvalue weighted by atomic mass is 10.1. The van der Waals surface area contributed by atoms with Crippen molar-refractivity contribution in [2.24, 2.45) is 0 Å². The molecule has 2 rings (SSSR count). The van der Waals surface area contributed by atoms with Crippen LogP contribution in [0, 0.1) is 0 Å². The molecule has 0 atom stereocenters. The van der Waals surface area contributed by atoms with E-state index in [-0.39, 0.29) is 0 Å². The molecule has 86 valence electrons. The van der Waals surface area contributed by atoms with Gasteiger partial charge in [0.1, 0.15) is 0 Å². The highest BCUT2D eigenvalue weighted by Crippen LogP contribution is 2.32. The SMILES string of the molecule is COc1ccc(C2=CN(C)CC2)cc1OC. The molecular weight excluding hydrogens is 202 g/mol. The molecule has 0 aliphatic carbocycles. The van der Waals surface area contributed by atoms with Crippen LogP contribution in [0.2, 0.25) is 0 Å². The van der Waals surface area contributed by atoms with Crippen molar-refractivity contribution in [3.8, 4) is 11.5 Å². The summed E-state index contributed by atoms with van der Waals surface area (Å²) in [6.45, 7) is 1.09. The van der Waals surface area contributed by atoms with Crippen LogP contribution in [0.4, 0.5) is 0 Å². The van der Waals surface area contributed by atoms with Crippen LogP contribution >= 0.6 is 0 Å². The Balaban J connectivity index is 2.33. The molecule has 0 radical (unpaired) electrons. The molecule has 0 aromatic heterocycles. The number of hydrogen-bond donors (Lipinski definition) is 0. The zero-order valence-corrected chi connectivity index (χ0v) is 9.99. The summed E-state index contributed by atoms with van der Waals surface area (Å²) in [7, 11) is 5.41. The summed E-state index contributed by atoms with van der Waals surface area (Å²) in [6.07, 6.45) is 3.27. The van der Waals surface area contributed by atoms with E-state index in [1.165, 1.54) is 11.1 Å². The molecule has 0 saturated heterocycles. The fourth-order valence-corrected chi connectivity index (χ4v) is 1.95. The molecule has 1 aromatic rings. The number of methoxy groups -OCH3 is 2. The van der Waals surface area contributed by atoms with Crippen molar-refractivity contribution in [1.29, 1.82) is 0 Å². The summed E-state index contributed by atoms with van der Waals surface area (Å²) < 4.78 is 10.5. The maximum atomic E-state index is 5.30. The first-order valence-corrected chi connectivity index (χ1v) is 5.38. The normalized spacial score (nSPS) is 14.9. The van der Waals surface area contributed by atoms with Gasteiger partial charge in [0.25, 0.3) is 0 Å². The first kappa shape index (κ1) is 10.9. The summed E-state index contributed by atoms with van der Waals surface area (Å²) in [5.74, 6) is 1.56. The number of ether oxygens (including phenoxy) is 2. The quantitative estimate of drug-likeness (QED) is 0.779. The molecule has 1 aliphatic heterocycles. The second-order valence-electron chi connectivity index (χ2n) is 3.95. The first-order chi connectivity index (χ1) is 7.74. The van der Waals surface area contributed by atoms with Crippen LogP contribution in [0.15, 0.2) is 24.4 Å². The van der Waals surface area contributed by atoms with E-state index in [2.05, 4.69) is 24.2 Å². The molecule has 1 aliphatic rings. The Morgan fingerprint density at radius 3 is 2.44 bits per heavy atom. The van der Waals surface area contributed by atoms with E-state index in [9.17, 15) is 0 Å². The summed E-state index contributed by atoms with van der Waals surface area (Å²) in [5.41, 5.74) is 2.56. The van der Waals surface area contributed by atoms with Crippen molar-refractivity contribution in [3.05, 3.63) is 30.0 Å². The molecule has 0 N–H and O–H groups in total. The monoisotopic (exact) mass is 219 g/mol. The van der Waals surface area contributed by atoms with Crippen molar-refractivity contribution in [1.82, 2.24) is 4.90 Å². The second kappa shape index (κ2) is 4.47. The van der Waals surface area contributed by atoms with E-state index >= 15 is 0 Å². The molecule has 0 unspecified atom stereocenters. The van der Waals surface area contributed by atoms with Crippen molar-refractivity contribution in [3.63, 3.8) is 0 Å². The van der Waals surface area contributed by atoms with Gasteiger partial charge in [0.15, 0.2) is 11.5 Å². The lowest BCUT2D eigenvalue weighted by molar-refractivity contribution is 0.355. The third kappa shape index (κ3) is 1.98. The summed E-state index contributed by atoms with van der Waals surface area (Å²) >= 11 is 0. The van der Waals surface area contributed by atoms with Gasteiger partial charge in [-0.05, 0) is 29.7 Å². The molecule has 3 nitrogen and oxygen atoms in total. The van der Waals surface area contributed by atoms with E-state index < -0.39 is 0 Å². The first-order valence-electron chi connectivity index (χ1n) is 5.38. The molecule has 0 bridgehead atoms. The van der Waals surface area contributed by atoms with Crippen molar-refractivity contribution >= 4 is 5.57 Å². The Morgan fingerprint density at radius 1 is 1.12 bits per heavy atom. The predicted octanol–water partition coefficient (Wildman–Crippen LogP) is 2.38. The predicted molar refractivity (Wildman–Crippen MR) is 64.8 cm³/mol. The zero-order chi connectivity index (χ0) is 11.5. The van der Waals surface area contributed by atoms with Crippen molar-refractivity contribution < 1.29 is 9.47 Å². The van der Waals surface area contributed by atoms with Crippen LogP contribution in [0.5, 0.6) is 11.5 Å². The lowest BCUT2D eigenvalue weighted by Crippen LogP contribution is -2.04. The standard InChI is InChI=1S/C13H17NO2/c1-14-7-6-11(9-14)10-4-5-12(15-2)13(8-10)16-3/h4-5,8-9H,6-7H2,1-3H3. The second-order valence-corrected chi connectivity index (χ2v) is 3.95. The molecule has 0 saturated carbocycles. The third-order valence-corrected chi connectivity index (χ3v) is 2.86. The molecule has 1 heterocycles. The molecule has 16 heavy (non-hydrogen) atoms. The minimum Gasteiger partial charge on any atom is -0.493 e. The minimum absolute atomic E-state index is 0.776. The van der Waals surface area contributed by atoms with Gasteiger partial charge < -0.3 is 14.4 Å². The average Bonchev–Trinajstić information content (AvgIpc) is 2.75. The highest BCUT2D eigenvalue weighted by atomic mass is 16.5. The summed E-state index contributed by atoms with van der Waals surface area (Å²) in [5, 5.41) is 0. The van der Waals surface area contributed by atoms with Gasteiger partial charge >= 0.3 is 0 Å². The van der Waals surface area contributed by atoms with Crippen LogP contribution in [-0.4, -0.2) is 32.7 Å². The van der Waals surface area contributed by atoms with Gasteiger partial charge in [-0.15, -0.1) is 0 Å². The molecule has 0 spiro atoms. The number of benzene rings is 1. The number of nitrogens with zero attached hydrogens (tertiary/aromatic N) is 1. The van der Waals surface area contributed by atoms with Crippen LogP contribution in [-0.2, 0) is 0 Å². The Bertz CT molecular complexity index is 412. The van der Waals surface area contributed by atoms with Crippen molar-refractivity contribution in [2.75, 3.05) is 27.8 Å². The number of rotatable bonds is 3. The Labute approximate surface area is 96.3 Å². The average molecular weight is 219 g/mol. The van der Waals surface area contributed by atoms with Gasteiger partial charge in [0.05, 0.1) is 14.2 Å². The highest BCUT2D eigenvalue weighted by Gasteiger charge is 2.13. The van der Waals surface area contributed by atoms with Crippen LogP contribution in [0.1, 0.15) is 12.0 Å². The maximum absolute atomic E-state index is 5.30. The Hall–Kier alpha value is -1.64. The topological polar surface area (TPSA) is 21.7 Å². The molecular formula is C13H17NO2. The van der Waals surface area contributed by atoms with E-state index in [1.807, 2.05) is 12.1 Å². The maximum Gasteiger partial charge on any atom is 0.161 e. The highest BCUT2D eigenvalue weighted by molar-refractivity contribution is 5.69. The van der Waals surface area contributed by atoms with Gasteiger partial charge in [0.2, 0.25) is 0 Å². The van der Waals surface area contributed by atoms with E-state index in [0.29, 0.717) is 0 Å².